The Bertz CT molecular complexity index is 343. The molecule has 0 saturated carbocycles. The maximum Gasteiger partial charge on any atom is 0.0594 e. The van der Waals surface area contributed by atoms with Gasteiger partial charge in [-0.1, -0.05) is 17.7 Å². The fourth-order valence-electron chi connectivity index (χ4n) is 1.66. The highest BCUT2D eigenvalue weighted by atomic mass is 79.9. The molecular formula is C11H14BrCl2NO. The van der Waals surface area contributed by atoms with E-state index in [1.54, 1.807) is 0 Å². The van der Waals surface area contributed by atoms with Crippen LogP contribution in [0.5, 0.6) is 0 Å². The van der Waals surface area contributed by atoms with E-state index in [0.29, 0.717) is 0 Å². The van der Waals surface area contributed by atoms with E-state index in [2.05, 4.69) is 26.9 Å². The van der Waals surface area contributed by atoms with Crippen molar-refractivity contribution in [3.8, 4) is 0 Å². The van der Waals surface area contributed by atoms with E-state index >= 15 is 0 Å². The maximum atomic E-state index is 6.04. The molecule has 0 aromatic heterocycles. The Hall–Kier alpha value is 0.200. The predicted molar refractivity (Wildman–Crippen MR) is 72.5 cm³/mol. The lowest BCUT2D eigenvalue weighted by Crippen LogP contribution is -2.35. The van der Waals surface area contributed by atoms with Gasteiger partial charge in [-0.05, 0) is 33.6 Å². The normalized spacial score (nSPS) is 16.9. The van der Waals surface area contributed by atoms with Crippen LogP contribution in [0.3, 0.4) is 0 Å². The molecule has 0 aliphatic carbocycles. The summed E-state index contributed by atoms with van der Waals surface area (Å²) in [5.41, 5.74) is 1.25. The molecule has 0 amide bonds. The van der Waals surface area contributed by atoms with E-state index in [-0.39, 0.29) is 12.4 Å². The summed E-state index contributed by atoms with van der Waals surface area (Å²) in [6.07, 6.45) is 0. The van der Waals surface area contributed by atoms with Crippen molar-refractivity contribution in [3.63, 3.8) is 0 Å². The van der Waals surface area contributed by atoms with Crippen LogP contribution in [-0.4, -0.2) is 31.2 Å². The van der Waals surface area contributed by atoms with E-state index in [9.17, 15) is 0 Å². The summed E-state index contributed by atoms with van der Waals surface area (Å²) in [6.45, 7) is 4.65. The number of hydrogen-bond acceptors (Lipinski definition) is 2. The van der Waals surface area contributed by atoms with Gasteiger partial charge < -0.3 is 4.74 Å². The summed E-state index contributed by atoms with van der Waals surface area (Å²) in [5.74, 6) is 0. The number of halogens is 3. The van der Waals surface area contributed by atoms with Gasteiger partial charge >= 0.3 is 0 Å². The Morgan fingerprint density at radius 2 is 2.00 bits per heavy atom. The second-order valence-corrected chi connectivity index (χ2v) is 4.90. The first kappa shape index (κ1) is 14.3. The van der Waals surface area contributed by atoms with Crippen molar-refractivity contribution in [1.29, 1.82) is 0 Å². The third-order valence-electron chi connectivity index (χ3n) is 2.49. The molecule has 5 heteroatoms. The molecule has 0 spiro atoms. The standard InChI is InChI=1S/C11H13BrClNO.ClH/c12-10-2-1-9(7-11(10)13)8-14-3-5-15-6-4-14;/h1-2,7H,3-6,8H2;1H. The molecule has 1 aromatic carbocycles. The van der Waals surface area contributed by atoms with Gasteiger partial charge in [0.25, 0.3) is 0 Å². The van der Waals surface area contributed by atoms with Gasteiger partial charge in [-0.2, -0.15) is 0 Å². The Morgan fingerprint density at radius 1 is 1.31 bits per heavy atom. The zero-order valence-electron chi connectivity index (χ0n) is 8.79. The van der Waals surface area contributed by atoms with Crippen LogP contribution in [0.25, 0.3) is 0 Å². The lowest BCUT2D eigenvalue weighted by Gasteiger charge is -2.26. The molecule has 16 heavy (non-hydrogen) atoms. The average Bonchev–Trinajstić information content (AvgIpc) is 2.25. The minimum Gasteiger partial charge on any atom is -0.379 e. The number of rotatable bonds is 2. The van der Waals surface area contributed by atoms with Crippen LogP contribution in [0.15, 0.2) is 22.7 Å². The molecule has 1 aliphatic rings. The highest BCUT2D eigenvalue weighted by Crippen LogP contribution is 2.23. The number of nitrogens with zero attached hydrogens (tertiary/aromatic N) is 1. The van der Waals surface area contributed by atoms with Gasteiger partial charge in [-0.3, -0.25) is 4.90 Å². The van der Waals surface area contributed by atoms with E-state index in [4.69, 9.17) is 16.3 Å². The molecule has 2 rings (SSSR count). The molecule has 90 valence electrons. The van der Waals surface area contributed by atoms with Gasteiger partial charge in [0.15, 0.2) is 0 Å². The van der Waals surface area contributed by atoms with Crippen molar-refractivity contribution in [3.05, 3.63) is 33.3 Å². The Morgan fingerprint density at radius 3 is 2.62 bits per heavy atom. The first-order chi connectivity index (χ1) is 7.25. The monoisotopic (exact) mass is 325 g/mol. The van der Waals surface area contributed by atoms with Crippen molar-refractivity contribution < 1.29 is 4.74 Å². The van der Waals surface area contributed by atoms with Crippen molar-refractivity contribution in [1.82, 2.24) is 4.90 Å². The molecule has 1 saturated heterocycles. The number of morpholine rings is 1. The molecule has 1 aromatic rings. The quantitative estimate of drug-likeness (QED) is 0.826. The van der Waals surface area contributed by atoms with Crippen LogP contribution in [0.4, 0.5) is 0 Å². The maximum absolute atomic E-state index is 6.04. The van der Waals surface area contributed by atoms with E-state index in [1.165, 1.54) is 5.56 Å². The first-order valence-corrected chi connectivity index (χ1v) is 6.17. The van der Waals surface area contributed by atoms with E-state index in [0.717, 1.165) is 42.3 Å². The highest BCUT2D eigenvalue weighted by Gasteiger charge is 2.10. The zero-order valence-corrected chi connectivity index (χ0v) is 11.9. The summed E-state index contributed by atoms with van der Waals surface area (Å²) in [7, 11) is 0. The summed E-state index contributed by atoms with van der Waals surface area (Å²) >= 11 is 9.43. The van der Waals surface area contributed by atoms with Crippen LogP contribution in [0.2, 0.25) is 5.02 Å². The SMILES string of the molecule is Cl.Clc1cc(CN2CCOCC2)ccc1Br. The molecule has 1 aliphatic heterocycles. The number of benzene rings is 1. The fourth-order valence-corrected chi connectivity index (χ4v) is 2.11. The molecule has 0 radical (unpaired) electrons. The van der Waals surface area contributed by atoms with Gasteiger partial charge in [-0.15, -0.1) is 12.4 Å². The molecule has 1 fully saturated rings. The van der Waals surface area contributed by atoms with Crippen LogP contribution in [0.1, 0.15) is 5.56 Å². The minimum atomic E-state index is 0. The van der Waals surface area contributed by atoms with Crippen LogP contribution >= 0.6 is 39.9 Å². The molecule has 0 atom stereocenters. The van der Waals surface area contributed by atoms with Crippen molar-refractivity contribution >= 4 is 39.9 Å². The summed E-state index contributed by atoms with van der Waals surface area (Å²) in [5, 5.41) is 0.778. The van der Waals surface area contributed by atoms with Gasteiger partial charge in [0.1, 0.15) is 0 Å². The van der Waals surface area contributed by atoms with Crippen LogP contribution in [-0.2, 0) is 11.3 Å². The third-order valence-corrected chi connectivity index (χ3v) is 3.73. The van der Waals surface area contributed by atoms with Gasteiger partial charge in [-0.25, -0.2) is 0 Å². The fraction of sp³-hybridized carbons (Fsp3) is 0.455. The number of hydrogen-bond donors (Lipinski definition) is 0. The molecule has 0 N–H and O–H groups in total. The first-order valence-electron chi connectivity index (χ1n) is 5.00. The summed E-state index contributed by atoms with van der Waals surface area (Å²) < 4.78 is 6.26. The molecule has 2 nitrogen and oxygen atoms in total. The smallest absolute Gasteiger partial charge is 0.0594 e. The Balaban J connectivity index is 0.00000128. The second kappa shape index (κ2) is 6.82. The van der Waals surface area contributed by atoms with Crippen molar-refractivity contribution in [2.24, 2.45) is 0 Å². The lowest BCUT2D eigenvalue weighted by atomic mass is 10.2. The minimum absolute atomic E-state index is 0. The number of ether oxygens (including phenoxy) is 1. The summed E-state index contributed by atoms with van der Waals surface area (Å²) in [4.78, 5) is 2.38. The molecule has 0 bridgehead atoms. The summed E-state index contributed by atoms with van der Waals surface area (Å²) in [6, 6.07) is 6.12. The van der Waals surface area contributed by atoms with Crippen LogP contribution < -0.4 is 0 Å². The lowest BCUT2D eigenvalue weighted by molar-refractivity contribution is 0.0342. The van der Waals surface area contributed by atoms with Gasteiger partial charge in [0, 0.05) is 24.1 Å². The average molecular weight is 327 g/mol. The van der Waals surface area contributed by atoms with E-state index < -0.39 is 0 Å². The molecular weight excluding hydrogens is 313 g/mol. The Labute approximate surface area is 115 Å². The Kier molecular flexibility index (Phi) is 6.08. The van der Waals surface area contributed by atoms with Crippen LogP contribution in [0, 0.1) is 0 Å². The predicted octanol–water partition coefficient (Wildman–Crippen LogP) is 3.36. The largest absolute Gasteiger partial charge is 0.379 e. The third kappa shape index (κ3) is 3.90. The van der Waals surface area contributed by atoms with Gasteiger partial charge in [0.05, 0.1) is 18.2 Å². The van der Waals surface area contributed by atoms with E-state index in [1.807, 2.05) is 12.1 Å². The van der Waals surface area contributed by atoms with Gasteiger partial charge in [0.2, 0.25) is 0 Å². The second-order valence-electron chi connectivity index (χ2n) is 3.64. The van der Waals surface area contributed by atoms with Crippen molar-refractivity contribution in [2.45, 2.75) is 6.54 Å². The topological polar surface area (TPSA) is 12.5 Å². The molecule has 0 unspecified atom stereocenters. The highest BCUT2D eigenvalue weighted by molar-refractivity contribution is 9.10. The zero-order chi connectivity index (χ0) is 10.7. The molecule has 1 heterocycles. The van der Waals surface area contributed by atoms with Crippen molar-refractivity contribution in [2.75, 3.05) is 26.3 Å².